The summed E-state index contributed by atoms with van der Waals surface area (Å²) in [6.07, 6.45) is 3.23. The van der Waals surface area contributed by atoms with E-state index in [2.05, 4.69) is 0 Å². The number of ether oxygens (including phenoxy) is 1. The summed E-state index contributed by atoms with van der Waals surface area (Å²) in [5.41, 5.74) is 3.09. The van der Waals surface area contributed by atoms with E-state index in [0.717, 1.165) is 34.8 Å². The Hall–Kier alpha value is -3.22. The smallest absolute Gasteiger partial charge is 0.326 e. The third kappa shape index (κ3) is 3.92. The van der Waals surface area contributed by atoms with Gasteiger partial charge in [0.05, 0.1) is 11.8 Å². The highest BCUT2D eigenvalue weighted by Gasteiger charge is 2.48. The normalized spacial score (nSPS) is 20.6. The molecule has 2 amide bonds. The molecule has 0 bridgehead atoms. The van der Waals surface area contributed by atoms with Crippen molar-refractivity contribution in [1.82, 2.24) is 9.47 Å². The number of ketones is 1. The first-order valence-electron chi connectivity index (χ1n) is 10.7. The Bertz CT molecular complexity index is 1020. The molecular formula is C24H26N2O5. The summed E-state index contributed by atoms with van der Waals surface area (Å²) < 4.78 is 7.11. The summed E-state index contributed by atoms with van der Waals surface area (Å²) >= 11 is 0. The Morgan fingerprint density at radius 3 is 2.23 bits per heavy atom. The second-order valence-electron chi connectivity index (χ2n) is 8.30. The molecular weight excluding hydrogens is 396 g/mol. The first-order chi connectivity index (χ1) is 14.9. The number of aromatic nitrogens is 1. The Labute approximate surface area is 181 Å². The number of carbonyl (C=O) groups is 4. The van der Waals surface area contributed by atoms with E-state index < -0.39 is 19.1 Å². The van der Waals surface area contributed by atoms with E-state index in [1.165, 1.54) is 0 Å². The zero-order chi connectivity index (χ0) is 22.1. The first kappa shape index (κ1) is 21.0. The monoisotopic (exact) mass is 422 g/mol. The van der Waals surface area contributed by atoms with Crippen molar-refractivity contribution in [3.8, 4) is 5.69 Å². The molecule has 4 rings (SSSR count). The van der Waals surface area contributed by atoms with Gasteiger partial charge in [0.1, 0.15) is 6.54 Å². The van der Waals surface area contributed by atoms with Crippen LogP contribution in [0.5, 0.6) is 0 Å². The van der Waals surface area contributed by atoms with E-state index >= 15 is 0 Å². The summed E-state index contributed by atoms with van der Waals surface area (Å²) in [4.78, 5) is 51.0. The number of likely N-dealkylation sites (tertiary alicyclic amines) is 1. The number of Topliss-reactive ketones (excluding diaryl/α,β-unsaturated/α-hetero) is 1. The van der Waals surface area contributed by atoms with E-state index in [0.29, 0.717) is 18.4 Å². The van der Waals surface area contributed by atoms with Crippen molar-refractivity contribution < 1.29 is 23.9 Å². The highest BCUT2D eigenvalue weighted by Crippen LogP contribution is 2.37. The standard InChI is InChI=1S/C24H26N2O5/c1-15-12-20(16(2)26(15)17-8-4-3-5-9-17)21(27)14-31-22(28)13-25-23(29)18-10-6-7-11-19(18)24(25)30/h3-5,8-9,12,18-19H,6-7,10-11,13-14H2,1-2H3. The molecule has 1 aliphatic heterocycles. The Kier molecular flexibility index (Phi) is 5.76. The third-order valence-corrected chi connectivity index (χ3v) is 6.33. The molecule has 0 spiro atoms. The zero-order valence-corrected chi connectivity index (χ0v) is 17.8. The lowest BCUT2D eigenvalue weighted by Crippen LogP contribution is -2.37. The summed E-state index contributed by atoms with van der Waals surface area (Å²) in [5.74, 6) is -2.26. The van der Waals surface area contributed by atoms with Gasteiger partial charge in [-0.3, -0.25) is 24.1 Å². The van der Waals surface area contributed by atoms with Gasteiger partial charge in [0.2, 0.25) is 17.6 Å². The number of benzene rings is 1. The third-order valence-electron chi connectivity index (χ3n) is 6.33. The van der Waals surface area contributed by atoms with Gasteiger partial charge in [-0.25, -0.2) is 0 Å². The van der Waals surface area contributed by atoms with Crippen molar-refractivity contribution in [1.29, 1.82) is 0 Å². The summed E-state index contributed by atoms with van der Waals surface area (Å²) in [6, 6.07) is 11.5. The second-order valence-corrected chi connectivity index (χ2v) is 8.30. The quantitative estimate of drug-likeness (QED) is 0.406. The van der Waals surface area contributed by atoms with Gasteiger partial charge in [-0.05, 0) is 44.9 Å². The predicted octanol–water partition coefficient (Wildman–Crippen LogP) is 3.00. The molecule has 1 saturated carbocycles. The summed E-state index contributed by atoms with van der Waals surface area (Å²) in [5, 5.41) is 0. The zero-order valence-electron chi connectivity index (χ0n) is 17.8. The number of hydrogen-bond donors (Lipinski definition) is 0. The van der Waals surface area contributed by atoms with Crippen LogP contribution in [0.1, 0.15) is 47.4 Å². The van der Waals surface area contributed by atoms with Crippen molar-refractivity contribution in [3.05, 3.63) is 53.3 Å². The maximum absolute atomic E-state index is 12.7. The van der Waals surface area contributed by atoms with E-state index in [-0.39, 0.29) is 29.4 Å². The predicted molar refractivity (Wildman–Crippen MR) is 113 cm³/mol. The van der Waals surface area contributed by atoms with Crippen LogP contribution in [-0.4, -0.2) is 46.2 Å². The van der Waals surface area contributed by atoms with E-state index in [4.69, 9.17) is 4.74 Å². The number of amides is 2. The van der Waals surface area contributed by atoms with Crippen molar-refractivity contribution in [2.24, 2.45) is 11.8 Å². The minimum Gasteiger partial charge on any atom is -0.456 e. The first-order valence-corrected chi connectivity index (χ1v) is 10.7. The Morgan fingerprint density at radius 2 is 1.61 bits per heavy atom. The summed E-state index contributed by atoms with van der Waals surface area (Å²) in [6.45, 7) is 2.90. The largest absolute Gasteiger partial charge is 0.456 e. The molecule has 0 N–H and O–H groups in total. The molecule has 1 aromatic carbocycles. The van der Waals surface area contributed by atoms with E-state index in [1.54, 1.807) is 6.07 Å². The molecule has 2 aromatic rings. The number of rotatable bonds is 6. The van der Waals surface area contributed by atoms with Gasteiger partial charge in [0.15, 0.2) is 6.61 Å². The van der Waals surface area contributed by atoms with Gasteiger partial charge in [0, 0.05) is 22.6 Å². The average Bonchev–Trinajstić information content (AvgIpc) is 3.21. The highest BCUT2D eigenvalue weighted by molar-refractivity contribution is 6.07. The van der Waals surface area contributed by atoms with Crippen LogP contribution < -0.4 is 0 Å². The van der Waals surface area contributed by atoms with Crippen molar-refractivity contribution >= 4 is 23.6 Å². The lowest BCUT2D eigenvalue weighted by Gasteiger charge is -2.19. The van der Waals surface area contributed by atoms with Crippen LogP contribution in [-0.2, 0) is 19.1 Å². The SMILES string of the molecule is Cc1cc(C(=O)COC(=O)CN2C(=O)C3CCCCC3C2=O)c(C)n1-c1ccccc1. The van der Waals surface area contributed by atoms with E-state index in [9.17, 15) is 19.2 Å². The van der Waals surface area contributed by atoms with Gasteiger partial charge in [-0.2, -0.15) is 0 Å². The molecule has 1 aromatic heterocycles. The lowest BCUT2D eigenvalue weighted by atomic mass is 9.81. The topological polar surface area (TPSA) is 85.7 Å². The molecule has 1 saturated heterocycles. The van der Waals surface area contributed by atoms with Gasteiger partial charge >= 0.3 is 5.97 Å². The molecule has 7 nitrogen and oxygen atoms in total. The molecule has 2 unspecified atom stereocenters. The average molecular weight is 422 g/mol. The van der Waals surface area contributed by atoms with Crippen LogP contribution in [0.2, 0.25) is 0 Å². The van der Waals surface area contributed by atoms with Crippen molar-refractivity contribution in [3.63, 3.8) is 0 Å². The lowest BCUT2D eigenvalue weighted by molar-refractivity contribution is -0.152. The minimum atomic E-state index is -0.745. The van der Waals surface area contributed by atoms with Crippen LogP contribution in [0.25, 0.3) is 5.69 Å². The molecule has 2 fully saturated rings. The maximum Gasteiger partial charge on any atom is 0.326 e. The van der Waals surface area contributed by atoms with Crippen LogP contribution >= 0.6 is 0 Å². The fourth-order valence-electron chi connectivity index (χ4n) is 4.80. The van der Waals surface area contributed by atoms with Crippen molar-refractivity contribution in [2.45, 2.75) is 39.5 Å². The maximum atomic E-state index is 12.7. The van der Waals surface area contributed by atoms with Crippen LogP contribution in [0.3, 0.4) is 0 Å². The highest BCUT2D eigenvalue weighted by atomic mass is 16.5. The number of hydrogen-bond acceptors (Lipinski definition) is 5. The van der Waals surface area contributed by atoms with Gasteiger partial charge in [-0.15, -0.1) is 0 Å². The number of nitrogens with zero attached hydrogens (tertiary/aromatic N) is 2. The molecule has 31 heavy (non-hydrogen) atoms. The number of para-hydroxylation sites is 1. The Balaban J connectivity index is 1.39. The second kappa shape index (κ2) is 8.49. The molecule has 2 atom stereocenters. The number of carbonyl (C=O) groups excluding carboxylic acids is 4. The van der Waals surface area contributed by atoms with Crippen LogP contribution in [0.4, 0.5) is 0 Å². The van der Waals surface area contributed by atoms with E-state index in [1.807, 2.05) is 48.7 Å². The molecule has 2 heterocycles. The fraction of sp³-hybridized carbons (Fsp3) is 0.417. The number of esters is 1. The number of aryl methyl sites for hydroxylation is 1. The minimum absolute atomic E-state index is 0.288. The van der Waals surface area contributed by atoms with Crippen molar-refractivity contribution in [2.75, 3.05) is 13.2 Å². The van der Waals surface area contributed by atoms with Crippen LogP contribution in [0, 0.1) is 25.7 Å². The fourth-order valence-corrected chi connectivity index (χ4v) is 4.80. The molecule has 7 heteroatoms. The molecule has 162 valence electrons. The van der Waals surface area contributed by atoms with Crippen LogP contribution in [0.15, 0.2) is 36.4 Å². The molecule has 0 radical (unpaired) electrons. The number of imide groups is 1. The molecule has 2 aliphatic rings. The van der Waals surface area contributed by atoms with Gasteiger partial charge in [0.25, 0.3) is 0 Å². The Morgan fingerprint density at radius 1 is 1.00 bits per heavy atom. The van der Waals surface area contributed by atoms with Gasteiger partial charge in [-0.1, -0.05) is 31.0 Å². The number of fused-ring (bicyclic) bond motifs is 1. The molecule has 1 aliphatic carbocycles. The van der Waals surface area contributed by atoms with Gasteiger partial charge < -0.3 is 9.30 Å². The summed E-state index contributed by atoms with van der Waals surface area (Å²) in [7, 11) is 0.